The van der Waals surface area contributed by atoms with Gasteiger partial charge >= 0.3 is 0 Å². The third kappa shape index (κ3) is 4.07. The molecule has 0 aliphatic carbocycles. The number of phenolic OH excluding ortho intramolecular Hbond substituents is 1. The van der Waals surface area contributed by atoms with Crippen LogP contribution in [0.3, 0.4) is 0 Å². The molecule has 9 heteroatoms. The van der Waals surface area contributed by atoms with E-state index >= 15 is 0 Å². The van der Waals surface area contributed by atoms with E-state index in [1.165, 1.54) is 12.1 Å². The number of rotatable bonds is 4. The largest absolute Gasteiger partial charge is 0.508 e. The number of carbonyl (C=O) groups excluding carboxylic acids is 1. The third-order valence-corrected chi connectivity index (χ3v) is 5.15. The van der Waals surface area contributed by atoms with Crippen molar-refractivity contribution in [2.45, 2.75) is 12.8 Å². The minimum atomic E-state index is -0.332. The topological polar surface area (TPSA) is 126 Å². The molecule has 1 fully saturated rings. The molecule has 0 atom stereocenters. The van der Waals surface area contributed by atoms with Crippen molar-refractivity contribution in [3.8, 4) is 11.8 Å². The maximum absolute atomic E-state index is 12.6. The Morgan fingerprint density at radius 1 is 1.20 bits per heavy atom. The maximum Gasteiger partial charge on any atom is 0.258 e. The average Bonchev–Trinajstić information content (AvgIpc) is 2.78. The Bertz CT molecular complexity index is 1170. The number of hydrogen-bond acceptors (Lipinski definition) is 7. The number of amides is 1. The lowest BCUT2D eigenvalue weighted by atomic mass is 10.2. The molecular weight excluding hydrogens is 384 g/mol. The standard InChI is InChI=1S/C21H20N6O3/c22-12-14-1-5-19(23-13-14)26-7-9-27(10-8-26)20(29)6-4-18-24-17-3-2-15(28)11-16(17)21(30)25-18/h1-3,5,11,13,28H,4,6-10H2,(H,24,25,30). The number of nitriles is 1. The van der Waals surface area contributed by atoms with Gasteiger partial charge in [0.2, 0.25) is 5.91 Å². The highest BCUT2D eigenvalue weighted by molar-refractivity contribution is 5.79. The number of nitrogens with zero attached hydrogens (tertiary/aromatic N) is 5. The van der Waals surface area contributed by atoms with Gasteiger partial charge < -0.3 is 19.9 Å². The van der Waals surface area contributed by atoms with Crippen LogP contribution in [0.5, 0.6) is 5.75 Å². The molecule has 152 valence electrons. The van der Waals surface area contributed by atoms with Gasteiger partial charge in [0, 0.05) is 45.2 Å². The molecule has 0 unspecified atom stereocenters. The second-order valence-electron chi connectivity index (χ2n) is 7.10. The molecule has 1 aliphatic rings. The molecule has 2 N–H and O–H groups in total. The van der Waals surface area contributed by atoms with Gasteiger partial charge in [-0.05, 0) is 30.3 Å². The molecule has 1 amide bonds. The Morgan fingerprint density at radius 3 is 2.70 bits per heavy atom. The molecule has 0 radical (unpaired) electrons. The van der Waals surface area contributed by atoms with Crippen molar-refractivity contribution in [3.63, 3.8) is 0 Å². The first-order valence-corrected chi connectivity index (χ1v) is 9.64. The third-order valence-electron chi connectivity index (χ3n) is 5.15. The number of carbonyl (C=O) groups is 1. The summed E-state index contributed by atoms with van der Waals surface area (Å²) in [7, 11) is 0. The SMILES string of the molecule is N#Cc1ccc(N2CCN(C(=O)CCc3nc4ccc(O)cc4c(=O)[nH]3)CC2)nc1. The van der Waals surface area contributed by atoms with E-state index in [2.05, 4.69) is 25.9 Å². The van der Waals surface area contributed by atoms with E-state index in [0.717, 1.165) is 5.82 Å². The predicted molar refractivity (Wildman–Crippen MR) is 110 cm³/mol. The van der Waals surface area contributed by atoms with Gasteiger partial charge in [0.15, 0.2) is 0 Å². The number of hydrogen-bond donors (Lipinski definition) is 2. The molecule has 3 heterocycles. The Morgan fingerprint density at radius 2 is 2.00 bits per heavy atom. The smallest absolute Gasteiger partial charge is 0.258 e. The first-order chi connectivity index (χ1) is 14.5. The zero-order chi connectivity index (χ0) is 21.1. The minimum absolute atomic E-state index is 0.00748. The number of phenols is 1. The van der Waals surface area contributed by atoms with Crippen LogP contribution in [0.1, 0.15) is 17.8 Å². The second-order valence-corrected chi connectivity index (χ2v) is 7.10. The van der Waals surface area contributed by atoms with Crippen LogP contribution < -0.4 is 10.5 Å². The van der Waals surface area contributed by atoms with Crippen LogP contribution in [-0.2, 0) is 11.2 Å². The molecular formula is C21H20N6O3. The number of benzene rings is 1. The molecule has 0 bridgehead atoms. The van der Waals surface area contributed by atoms with Crippen LogP contribution in [0.15, 0.2) is 41.3 Å². The maximum atomic E-state index is 12.6. The van der Waals surface area contributed by atoms with Crippen molar-refractivity contribution in [2.24, 2.45) is 0 Å². The molecule has 3 aromatic rings. The summed E-state index contributed by atoms with van der Waals surface area (Å²) in [6.45, 7) is 2.50. The van der Waals surface area contributed by atoms with Crippen molar-refractivity contribution >= 4 is 22.6 Å². The van der Waals surface area contributed by atoms with Crippen LogP contribution in [0.4, 0.5) is 5.82 Å². The summed E-state index contributed by atoms with van der Waals surface area (Å²) in [5.41, 5.74) is 0.675. The molecule has 2 aromatic heterocycles. The number of aromatic nitrogens is 3. The number of anilines is 1. The number of aromatic hydroxyl groups is 1. The highest BCUT2D eigenvalue weighted by Gasteiger charge is 2.22. The molecule has 0 spiro atoms. The average molecular weight is 404 g/mol. The second kappa shape index (κ2) is 8.21. The molecule has 9 nitrogen and oxygen atoms in total. The minimum Gasteiger partial charge on any atom is -0.508 e. The van der Waals surface area contributed by atoms with Crippen LogP contribution in [0, 0.1) is 11.3 Å². The van der Waals surface area contributed by atoms with E-state index in [1.54, 1.807) is 23.2 Å². The van der Waals surface area contributed by atoms with Crippen molar-refractivity contribution < 1.29 is 9.90 Å². The number of aromatic amines is 1. The summed E-state index contributed by atoms with van der Waals surface area (Å²) in [5.74, 6) is 1.26. The lowest BCUT2D eigenvalue weighted by molar-refractivity contribution is -0.131. The first-order valence-electron chi connectivity index (χ1n) is 9.64. The van der Waals surface area contributed by atoms with Gasteiger partial charge in [0.25, 0.3) is 5.56 Å². The zero-order valence-electron chi connectivity index (χ0n) is 16.2. The summed E-state index contributed by atoms with van der Waals surface area (Å²) >= 11 is 0. The van der Waals surface area contributed by atoms with Crippen molar-refractivity contribution in [3.05, 3.63) is 58.3 Å². The van der Waals surface area contributed by atoms with Crippen molar-refractivity contribution in [2.75, 3.05) is 31.1 Å². The summed E-state index contributed by atoms with van der Waals surface area (Å²) in [6.07, 6.45) is 2.13. The highest BCUT2D eigenvalue weighted by atomic mass is 16.3. The fourth-order valence-corrected chi connectivity index (χ4v) is 3.50. The molecule has 0 saturated carbocycles. The normalized spacial score (nSPS) is 14.0. The summed E-state index contributed by atoms with van der Waals surface area (Å²) in [6, 6.07) is 10.0. The van der Waals surface area contributed by atoms with Crippen LogP contribution >= 0.6 is 0 Å². The van der Waals surface area contributed by atoms with E-state index in [1.807, 2.05) is 6.07 Å². The van der Waals surface area contributed by atoms with Crippen molar-refractivity contribution in [1.82, 2.24) is 19.9 Å². The number of aryl methyl sites for hydroxylation is 1. The number of piperazine rings is 1. The first kappa shape index (κ1) is 19.4. The monoisotopic (exact) mass is 404 g/mol. The molecule has 1 aromatic carbocycles. The fraction of sp³-hybridized carbons (Fsp3) is 0.286. The van der Waals surface area contributed by atoms with Crippen molar-refractivity contribution in [1.29, 1.82) is 5.26 Å². The van der Waals surface area contributed by atoms with E-state index in [-0.39, 0.29) is 23.6 Å². The van der Waals surface area contributed by atoms with Gasteiger partial charge in [-0.25, -0.2) is 9.97 Å². The number of nitrogens with one attached hydrogen (secondary N) is 1. The molecule has 1 saturated heterocycles. The Labute approximate surface area is 172 Å². The van der Waals surface area contributed by atoms with E-state index in [9.17, 15) is 14.7 Å². The predicted octanol–water partition coefficient (Wildman–Crippen LogP) is 1.18. The summed E-state index contributed by atoms with van der Waals surface area (Å²) in [4.78, 5) is 40.0. The van der Waals surface area contributed by atoms with Gasteiger partial charge in [-0.1, -0.05) is 0 Å². The fourth-order valence-electron chi connectivity index (χ4n) is 3.50. The van der Waals surface area contributed by atoms with Gasteiger partial charge in [0.1, 0.15) is 23.5 Å². The quantitative estimate of drug-likeness (QED) is 0.668. The van der Waals surface area contributed by atoms with Crippen LogP contribution in [0.25, 0.3) is 10.9 Å². The summed E-state index contributed by atoms with van der Waals surface area (Å²) < 4.78 is 0. The van der Waals surface area contributed by atoms with E-state index in [0.29, 0.717) is 54.9 Å². The van der Waals surface area contributed by atoms with Crippen LogP contribution in [-0.4, -0.2) is 57.0 Å². The number of fused-ring (bicyclic) bond motifs is 1. The highest BCUT2D eigenvalue weighted by Crippen LogP contribution is 2.16. The van der Waals surface area contributed by atoms with Gasteiger partial charge in [-0.2, -0.15) is 5.26 Å². The van der Waals surface area contributed by atoms with E-state index in [4.69, 9.17) is 5.26 Å². The Kier molecular flexibility index (Phi) is 5.30. The van der Waals surface area contributed by atoms with Gasteiger partial charge in [0.05, 0.1) is 16.5 Å². The van der Waals surface area contributed by atoms with Gasteiger partial charge in [-0.15, -0.1) is 0 Å². The lowest BCUT2D eigenvalue weighted by Crippen LogP contribution is -2.49. The Balaban J connectivity index is 1.34. The Hall–Kier alpha value is -3.93. The molecule has 4 rings (SSSR count). The molecule has 30 heavy (non-hydrogen) atoms. The number of pyridine rings is 1. The molecule has 1 aliphatic heterocycles. The van der Waals surface area contributed by atoms with Gasteiger partial charge in [-0.3, -0.25) is 9.59 Å². The lowest BCUT2D eigenvalue weighted by Gasteiger charge is -2.35. The summed E-state index contributed by atoms with van der Waals surface area (Å²) in [5, 5.41) is 18.7. The van der Waals surface area contributed by atoms with E-state index < -0.39 is 0 Å². The number of H-pyrrole nitrogens is 1. The zero-order valence-corrected chi connectivity index (χ0v) is 16.2. The van der Waals surface area contributed by atoms with Crippen LogP contribution in [0.2, 0.25) is 0 Å².